The molecule has 1 atom stereocenters. The van der Waals surface area contributed by atoms with E-state index in [1.54, 1.807) is 0 Å². The van der Waals surface area contributed by atoms with Crippen molar-refractivity contribution in [1.29, 1.82) is 0 Å². The summed E-state index contributed by atoms with van der Waals surface area (Å²) >= 11 is 0. The lowest BCUT2D eigenvalue weighted by molar-refractivity contribution is -0.203. The molecule has 0 aliphatic carbocycles. The van der Waals surface area contributed by atoms with Crippen LogP contribution in [0.15, 0.2) is 18.2 Å². The Kier molecular flexibility index (Phi) is 3.09. The second-order valence-corrected chi connectivity index (χ2v) is 3.07. The van der Waals surface area contributed by atoms with Gasteiger partial charge in [-0.1, -0.05) is 0 Å². The maximum Gasteiger partial charge on any atom is 0.414 e. The van der Waals surface area contributed by atoms with Gasteiger partial charge in [-0.05, 0) is 18.2 Å². The number of hydrogen-bond donors (Lipinski definition) is 3. The van der Waals surface area contributed by atoms with Crippen molar-refractivity contribution in [3.63, 3.8) is 0 Å². The fourth-order valence-electron chi connectivity index (χ4n) is 1.06. The van der Waals surface area contributed by atoms with Gasteiger partial charge in [-0.15, -0.1) is 0 Å². The van der Waals surface area contributed by atoms with Crippen molar-refractivity contribution >= 4 is 0 Å². The van der Waals surface area contributed by atoms with E-state index in [1.807, 2.05) is 0 Å². The number of aliphatic hydroxyl groups is 1. The van der Waals surface area contributed by atoms with E-state index >= 15 is 0 Å². The first-order chi connectivity index (χ1) is 6.80. The number of benzene rings is 1. The largest absolute Gasteiger partial charge is 0.508 e. The monoisotopic (exact) mass is 222 g/mol. The molecule has 0 aromatic heterocycles. The van der Waals surface area contributed by atoms with Crippen LogP contribution in [0, 0.1) is 0 Å². The smallest absolute Gasteiger partial charge is 0.414 e. The van der Waals surface area contributed by atoms with E-state index < -0.39 is 24.5 Å². The summed E-state index contributed by atoms with van der Waals surface area (Å²) in [6.07, 6.45) is -8.08. The summed E-state index contributed by atoms with van der Waals surface area (Å²) in [7, 11) is 0. The summed E-state index contributed by atoms with van der Waals surface area (Å²) in [6.45, 7) is 0. The summed E-state index contributed by atoms with van der Waals surface area (Å²) in [5.41, 5.74) is -0.153. The van der Waals surface area contributed by atoms with E-state index in [-0.39, 0.29) is 11.3 Å². The van der Waals surface area contributed by atoms with Gasteiger partial charge in [-0.25, -0.2) is 0 Å². The van der Waals surface area contributed by atoms with Crippen molar-refractivity contribution < 1.29 is 28.5 Å². The zero-order valence-electron chi connectivity index (χ0n) is 7.49. The van der Waals surface area contributed by atoms with Crippen LogP contribution >= 0.6 is 0 Å². The first-order valence-electron chi connectivity index (χ1n) is 4.06. The molecule has 0 heterocycles. The SMILES string of the molecule is Oc1ccc(O)c(CC(O)C(F)(F)F)c1. The fraction of sp³-hybridized carbons (Fsp3) is 0.333. The van der Waals surface area contributed by atoms with E-state index in [1.165, 1.54) is 0 Å². The normalized spacial score (nSPS) is 13.9. The Labute approximate surface area is 83.4 Å². The van der Waals surface area contributed by atoms with Crippen LogP contribution in [0.4, 0.5) is 13.2 Å². The molecule has 0 fully saturated rings. The molecule has 6 heteroatoms. The van der Waals surface area contributed by atoms with Crippen LogP contribution in [0.5, 0.6) is 11.5 Å². The quantitative estimate of drug-likeness (QED) is 0.665. The number of halogens is 3. The highest BCUT2D eigenvalue weighted by Gasteiger charge is 2.38. The molecule has 0 aliphatic heterocycles. The number of rotatable bonds is 2. The molecule has 15 heavy (non-hydrogen) atoms. The van der Waals surface area contributed by atoms with Crippen LogP contribution in [-0.4, -0.2) is 27.6 Å². The van der Waals surface area contributed by atoms with Crippen molar-refractivity contribution in [2.45, 2.75) is 18.7 Å². The Balaban J connectivity index is 2.85. The van der Waals surface area contributed by atoms with Gasteiger partial charge >= 0.3 is 6.18 Å². The summed E-state index contributed by atoms with van der Waals surface area (Å²) in [6, 6.07) is 3.18. The standard InChI is InChI=1S/C9H9F3O3/c10-9(11,12)8(15)4-5-3-6(13)1-2-7(5)14/h1-3,8,13-15H,4H2. The van der Waals surface area contributed by atoms with Gasteiger partial charge < -0.3 is 15.3 Å². The number of aliphatic hydroxyl groups excluding tert-OH is 1. The summed E-state index contributed by atoms with van der Waals surface area (Å²) in [5.74, 6) is -0.659. The third kappa shape index (κ3) is 3.02. The summed E-state index contributed by atoms with van der Waals surface area (Å²) < 4.78 is 35.9. The highest BCUT2D eigenvalue weighted by molar-refractivity contribution is 5.39. The highest BCUT2D eigenvalue weighted by Crippen LogP contribution is 2.28. The van der Waals surface area contributed by atoms with Crippen molar-refractivity contribution in [3.8, 4) is 11.5 Å². The van der Waals surface area contributed by atoms with Crippen LogP contribution < -0.4 is 0 Å². The lowest BCUT2D eigenvalue weighted by Crippen LogP contribution is -2.30. The number of alkyl halides is 3. The lowest BCUT2D eigenvalue weighted by atomic mass is 10.1. The molecular weight excluding hydrogens is 213 g/mol. The lowest BCUT2D eigenvalue weighted by Gasteiger charge is -2.15. The van der Waals surface area contributed by atoms with Crippen molar-refractivity contribution in [3.05, 3.63) is 23.8 Å². The fourth-order valence-corrected chi connectivity index (χ4v) is 1.06. The molecular formula is C9H9F3O3. The second-order valence-electron chi connectivity index (χ2n) is 3.07. The molecule has 0 radical (unpaired) electrons. The molecule has 1 unspecified atom stereocenters. The van der Waals surface area contributed by atoms with E-state index in [0.717, 1.165) is 18.2 Å². The average Bonchev–Trinajstić information content (AvgIpc) is 2.09. The Hall–Kier alpha value is -1.43. The Bertz CT molecular complexity index is 349. The zero-order chi connectivity index (χ0) is 11.6. The average molecular weight is 222 g/mol. The predicted molar refractivity (Wildman–Crippen MR) is 45.5 cm³/mol. The van der Waals surface area contributed by atoms with Crippen molar-refractivity contribution in [1.82, 2.24) is 0 Å². The second kappa shape index (κ2) is 3.98. The van der Waals surface area contributed by atoms with Crippen LogP contribution in [0.25, 0.3) is 0 Å². The molecule has 84 valence electrons. The van der Waals surface area contributed by atoms with Gasteiger partial charge in [0.05, 0.1) is 0 Å². The number of hydrogen-bond acceptors (Lipinski definition) is 3. The molecule has 0 saturated heterocycles. The Morgan fingerprint density at radius 2 is 1.80 bits per heavy atom. The zero-order valence-corrected chi connectivity index (χ0v) is 7.49. The van der Waals surface area contributed by atoms with E-state index in [9.17, 15) is 13.2 Å². The van der Waals surface area contributed by atoms with Gasteiger partial charge in [0.25, 0.3) is 0 Å². The third-order valence-corrected chi connectivity index (χ3v) is 1.85. The minimum atomic E-state index is -4.74. The van der Waals surface area contributed by atoms with Crippen LogP contribution in [0.2, 0.25) is 0 Å². The number of aromatic hydroxyl groups is 2. The molecule has 1 aromatic carbocycles. The van der Waals surface area contributed by atoms with Gasteiger partial charge in [0.2, 0.25) is 0 Å². The van der Waals surface area contributed by atoms with Gasteiger partial charge in [-0.2, -0.15) is 13.2 Å². The molecule has 3 N–H and O–H groups in total. The van der Waals surface area contributed by atoms with Crippen molar-refractivity contribution in [2.75, 3.05) is 0 Å². The molecule has 0 bridgehead atoms. The first kappa shape index (κ1) is 11.6. The van der Waals surface area contributed by atoms with Gasteiger partial charge in [0, 0.05) is 12.0 Å². The molecule has 0 aliphatic rings. The third-order valence-electron chi connectivity index (χ3n) is 1.85. The van der Waals surface area contributed by atoms with E-state index in [2.05, 4.69) is 0 Å². The number of phenolic OH excluding ortho intramolecular Hbond substituents is 2. The summed E-state index contributed by atoms with van der Waals surface area (Å²) in [4.78, 5) is 0. The predicted octanol–water partition coefficient (Wildman–Crippen LogP) is 1.56. The maximum atomic E-state index is 12.0. The number of phenols is 2. The molecule has 1 aromatic rings. The topological polar surface area (TPSA) is 60.7 Å². The van der Waals surface area contributed by atoms with Crippen molar-refractivity contribution in [2.24, 2.45) is 0 Å². The Morgan fingerprint density at radius 1 is 1.20 bits per heavy atom. The van der Waals surface area contributed by atoms with Crippen LogP contribution in [0.3, 0.4) is 0 Å². The minimum absolute atomic E-state index is 0.153. The molecule has 1 rings (SSSR count). The molecule has 0 saturated carbocycles. The molecule has 0 spiro atoms. The van der Waals surface area contributed by atoms with Crippen LogP contribution in [0.1, 0.15) is 5.56 Å². The van der Waals surface area contributed by atoms with Gasteiger partial charge in [-0.3, -0.25) is 0 Å². The van der Waals surface area contributed by atoms with Gasteiger partial charge in [0.1, 0.15) is 11.5 Å². The maximum absolute atomic E-state index is 12.0. The summed E-state index contributed by atoms with van der Waals surface area (Å²) in [5, 5.41) is 26.9. The first-order valence-corrected chi connectivity index (χ1v) is 4.06. The highest BCUT2D eigenvalue weighted by atomic mass is 19.4. The Morgan fingerprint density at radius 3 is 2.33 bits per heavy atom. The minimum Gasteiger partial charge on any atom is -0.508 e. The van der Waals surface area contributed by atoms with Crippen LogP contribution in [-0.2, 0) is 6.42 Å². The molecule has 3 nitrogen and oxygen atoms in total. The molecule has 0 amide bonds. The van der Waals surface area contributed by atoms with E-state index in [0.29, 0.717) is 0 Å². The van der Waals surface area contributed by atoms with E-state index in [4.69, 9.17) is 15.3 Å². The van der Waals surface area contributed by atoms with Gasteiger partial charge in [0.15, 0.2) is 6.10 Å².